The monoisotopic (exact) mass is 363 g/mol. The van der Waals surface area contributed by atoms with Crippen LogP contribution in [0.1, 0.15) is 31.9 Å². The molecule has 0 unspecified atom stereocenters. The maximum absolute atomic E-state index is 12.8. The van der Waals surface area contributed by atoms with Crippen LogP contribution in [0.25, 0.3) is 0 Å². The fraction of sp³-hybridized carbons (Fsp3) is 0.588. The molecule has 7 nitrogen and oxygen atoms in total. The second-order valence-electron chi connectivity index (χ2n) is 6.31. The van der Waals surface area contributed by atoms with Gasteiger partial charge in [-0.1, -0.05) is 24.9 Å². The van der Waals surface area contributed by atoms with Crippen LogP contribution in [0.3, 0.4) is 0 Å². The van der Waals surface area contributed by atoms with E-state index in [9.17, 15) is 4.79 Å². The van der Waals surface area contributed by atoms with E-state index in [-0.39, 0.29) is 11.9 Å². The van der Waals surface area contributed by atoms with Crippen molar-refractivity contribution in [2.24, 2.45) is 0 Å². The summed E-state index contributed by atoms with van der Waals surface area (Å²) in [7, 11) is 0. The third-order valence-electron chi connectivity index (χ3n) is 4.46. The Morgan fingerprint density at radius 1 is 1.40 bits per heavy atom. The van der Waals surface area contributed by atoms with Crippen molar-refractivity contribution < 1.29 is 9.32 Å². The number of carbonyl (C=O) groups excluding carboxylic acids is 1. The highest BCUT2D eigenvalue weighted by Gasteiger charge is 2.29. The lowest BCUT2D eigenvalue weighted by molar-refractivity contribution is -0.121. The predicted octanol–water partition coefficient (Wildman–Crippen LogP) is 2.76. The minimum Gasteiger partial charge on any atom is -0.360 e. The molecule has 1 amide bonds. The van der Waals surface area contributed by atoms with Crippen LogP contribution in [-0.4, -0.2) is 53.2 Å². The third-order valence-corrected chi connectivity index (χ3v) is 5.29. The van der Waals surface area contributed by atoms with Gasteiger partial charge in [0.15, 0.2) is 10.9 Å². The highest BCUT2D eigenvalue weighted by Crippen LogP contribution is 2.21. The van der Waals surface area contributed by atoms with E-state index in [1.165, 1.54) is 0 Å². The van der Waals surface area contributed by atoms with Crippen LogP contribution in [0, 0.1) is 6.92 Å². The number of aromatic nitrogens is 2. The first kappa shape index (κ1) is 17.9. The lowest BCUT2D eigenvalue weighted by Gasteiger charge is -2.38. The van der Waals surface area contributed by atoms with Crippen molar-refractivity contribution in [3.05, 3.63) is 23.4 Å². The van der Waals surface area contributed by atoms with Crippen molar-refractivity contribution >= 4 is 28.2 Å². The van der Waals surface area contributed by atoms with E-state index in [1.54, 1.807) is 17.4 Å². The summed E-state index contributed by atoms with van der Waals surface area (Å²) in [6, 6.07) is 1.62. The lowest BCUT2D eigenvalue weighted by atomic mass is 10.1. The molecule has 0 saturated carbocycles. The van der Waals surface area contributed by atoms with E-state index in [2.05, 4.69) is 32.2 Å². The molecule has 2 aromatic rings. The largest absolute Gasteiger partial charge is 0.360 e. The number of rotatable bonds is 7. The normalized spacial score (nSPS) is 16.8. The third kappa shape index (κ3) is 4.58. The summed E-state index contributed by atoms with van der Waals surface area (Å²) in [6.07, 6.45) is 4.80. The zero-order chi connectivity index (χ0) is 17.6. The minimum atomic E-state index is -0.129. The number of amides is 1. The highest BCUT2D eigenvalue weighted by molar-refractivity contribution is 7.13. The smallest absolute Gasteiger partial charge is 0.242 e. The van der Waals surface area contributed by atoms with E-state index in [0.717, 1.165) is 50.6 Å². The molecule has 3 heterocycles. The van der Waals surface area contributed by atoms with Gasteiger partial charge in [0.1, 0.15) is 5.76 Å². The Kier molecular flexibility index (Phi) is 6.04. The van der Waals surface area contributed by atoms with Crippen LogP contribution in [0.5, 0.6) is 0 Å². The topological polar surface area (TPSA) is 74.5 Å². The van der Waals surface area contributed by atoms with Crippen LogP contribution in [-0.2, 0) is 4.79 Å². The van der Waals surface area contributed by atoms with Gasteiger partial charge in [0.05, 0.1) is 6.04 Å². The number of hydrogen-bond donors (Lipinski definition) is 1. The van der Waals surface area contributed by atoms with Gasteiger partial charge in [-0.25, -0.2) is 4.98 Å². The van der Waals surface area contributed by atoms with Crippen LogP contribution in [0.4, 0.5) is 10.9 Å². The van der Waals surface area contributed by atoms with E-state index >= 15 is 0 Å². The molecule has 0 bridgehead atoms. The second-order valence-corrected chi connectivity index (χ2v) is 7.18. The maximum atomic E-state index is 12.8. The Morgan fingerprint density at radius 3 is 2.80 bits per heavy atom. The Morgan fingerprint density at radius 2 is 2.20 bits per heavy atom. The number of aryl methyl sites for hydroxylation is 1. The number of carbonyl (C=O) groups is 1. The number of hydrogen-bond acceptors (Lipinski definition) is 7. The van der Waals surface area contributed by atoms with Crippen molar-refractivity contribution in [1.82, 2.24) is 15.0 Å². The van der Waals surface area contributed by atoms with Crippen LogP contribution in [0.2, 0.25) is 0 Å². The zero-order valence-corrected chi connectivity index (χ0v) is 15.6. The molecule has 1 N–H and O–H groups in total. The summed E-state index contributed by atoms with van der Waals surface area (Å²) in [5.41, 5.74) is 0. The molecule has 2 aromatic heterocycles. The van der Waals surface area contributed by atoms with Gasteiger partial charge in [0.25, 0.3) is 0 Å². The number of anilines is 2. The molecular formula is C17H25N5O2S. The Balaban J connectivity index is 1.61. The molecule has 1 saturated heterocycles. The van der Waals surface area contributed by atoms with Gasteiger partial charge >= 0.3 is 0 Å². The summed E-state index contributed by atoms with van der Waals surface area (Å²) >= 11 is 1.66. The van der Waals surface area contributed by atoms with Gasteiger partial charge in [-0.2, -0.15) is 0 Å². The average Bonchev–Trinajstić information content (AvgIpc) is 3.28. The number of nitrogens with zero attached hydrogens (tertiary/aromatic N) is 4. The molecule has 1 aliphatic heterocycles. The molecule has 8 heteroatoms. The van der Waals surface area contributed by atoms with E-state index in [1.807, 2.05) is 18.5 Å². The summed E-state index contributed by atoms with van der Waals surface area (Å²) in [5, 5.41) is 9.83. The predicted molar refractivity (Wildman–Crippen MR) is 99.1 cm³/mol. The number of unbranched alkanes of at least 4 members (excludes halogenated alkanes) is 1. The standard InChI is InChI=1S/C17H25N5O2S/c1-3-4-5-14(16(23)19-15-12-13(2)24-20-15)21-7-9-22(10-8-21)17-18-6-11-25-17/h6,11-12,14H,3-5,7-10H2,1-2H3,(H,19,20,23)/t14-/m1/s1. The van der Waals surface area contributed by atoms with Crippen LogP contribution >= 0.6 is 11.3 Å². The van der Waals surface area contributed by atoms with Crippen molar-refractivity contribution in [1.29, 1.82) is 0 Å². The van der Waals surface area contributed by atoms with Crippen LogP contribution in [0.15, 0.2) is 22.2 Å². The molecule has 136 valence electrons. The van der Waals surface area contributed by atoms with E-state index < -0.39 is 0 Å². The zero-order valence-electron chi connectivity index (χ0n) is 14.8. The van der Waals surface area contributed by atoms with Gasteiger partial charge in [0.2, 0.25) is 5.91 Å². The molecule has 1 fully saturated rings. The number of piperazine rings is 1. The number of thiazole rings is 1. The molecule has 0 aromatic carbocycles. The van der Waals surface area contributed by atoms with Crippen molar-refractivity contribution in [2.75, 3.05) is 36.4 Å². The van der Waals surface area contributed by atoms with Gasteiger partial charge in [-0.05, 0) is 13.3 Å². The summed E-state index contributed by atoms with van der Waals surface area (Å²) < 4.78 is 5.04. The van der Waals surface area contributed by atoms with Gasteiger partial charge in [0, 0.05) is 43.8 Å². The fourth-order valence-electron chi connectivity index (χ4n) is 3.11. The van der Waals surface area contributed by atoms with Crippen LogP contribution < -0.4 is 10.2 Å². The first-order valence-electron chi connectivity index (χ1n) is 8.80. The quantitative estimate of drug-likeness (QED) is 0.815. The molecule has 0 spiro atoms. The average molecular weight is 363 g/mol. The second kappa shape index (κ2) is 8.44. The van der Waals surface area contributed by atoms with Crippen molar-refractivity contribution in [3.63, 3.8) is 0 Å². The molecule has 1 atom stereocenters. The molecule has 1 aliphatic rings. The highest BCUT2D eigenvalue weighted by atomic mass is 32.1. The molecular weight excluding hydrogens is 338 g/mol. The van der Waals surface area contributed by atoms with E-state index in [4.69, 9.17) is 4.52 Å². The Hall–Kier alpha value is -1.93. The van der Waals surface area contributed by atoms with Gasteiger partial charge < -0.3 is 14.7 Å². The van der Waals surface area contributed by atoms with Gasteiger partial charge in [-0.3, -0.25) is 9.69 Å². The fourth-order valence-corrected chi connectivity index (χ4v) is 3.81. The Bertz CT molecular complexity index is 664. The molecule has 0 aliphatic carbocycles. The van der Waals surface area contributed by atoms with Crippen molar-refractivity contribution in [3.8, 4) is 0 Å². The first-order chi connectivity index (χ1) is 12.2. The first-order valence-corrected chi connectivity index (χ1v) is 9.68. The minimum absolute atomic E-state index is 0.00412. The SMILES string of the molecule is CCCC[C@H](C(=O)Nc1cc(C)on1)N1CCN(c2nccs2)CC1. The van der Waals surface area contributed by atoms with Gasteiger partial charge in [-0.15, -0.1) is 11.3 Å². The summed E-state index contributed by atoms with van der Waals surface area (Å²) in [6.45, 7) is 7.48. The van der Waals surface area contributed by atoms with Crippen molar-refractivity contribution in [2.45, 2.75) is 39.2 Å². The maximum Gasteiger partial charge on any atom is 0.242 e. The Labute approximate surface area is 152 Å². The summed E-state index contributed by atoms with van der Waals surface area (Å²) in [5.74, 6) is 1.19. The lowest BCUT2D eigenvalue weighted by Crippen LogP contribution is -2.54. The molecule has 3 rings (SSSR count). The molecule has 25 heavy (non-hydrogen) atoms. The number of nitrogens with one attached hydrogen (secondary N) is 1. The van der Waals surface area contributed by atoms with E-state index in [0.29, 0.717) is 11.6 Å². The summed E-state index contributed by atoms with van der Waals surface area (Å²) in [4.78, 5) is 21.7. The molecule has 0 radical (unpaired) electrons.